The van der Waals surface area contributed by atoms with Crippen LogP contribution >= 0.6 is 11.6 Å². The van der Waals surface area contributed by atoms with Gasteiger partial charge in [-0.15, -0.1) is 0 Å². The van der Waals surface area contributed by atoms with Gasteiger partial charge in [0.25, 0.3) is 0 Å². The molecule has 35 heavy (non-hydrogen) atoms. The Labute approximate surface area is 212 Å². The second-order valence-electron chi connectivity index (χ2n) is 10.2. The number of allylic oxidation sites excluding steroid dienone is 1. The molecule has 0 aromatic heterocycles. The van der Waals surface area contributed by atoms with Gasteiger partial charge in [0, 0.05) is 30.5 Å². The summed E-state index contributed by atoms with van der Waals surface area (Å²) in [5.74, 6) is 1.09. The number of nitrogens with zero attached hydrogens (tertiary/aromatic N) is 3. The first-order valence-corrected chi connectivity index (χ1v) is 13.6. The van der Waals surface area contributed by atoms with E-state index in [1.54, 1.807) is 0 Å². The van der Waals surface area contributed by atoms with Crippen molar-refractivity contribution in [1.29, 1.82) is 0 Å². The Morgan fingerprint density at radius 1 is 1.14 bits per heavy atom. The zero-order chi connectivity index (χ0) is 24.2. The Morgan fingerprint density at radius 2 is 2.00 bits per heavy atom. The van der Waals surface area contributed by atoms with Gasteiger partial charge in [-0.2, -0.15) is 5.10 Å². The highest BCUT2D eigenvalue weighted by Crippen LogP contribution is 2.38. The summed E-state index contributed by atoms with van der Waals surface area (Å²) in [6.45, 7) is 1.14. The standard InChI is InChI=1S/C27H36ClN5O2/c28-22-12-6-4-10-20(22)18-32-26(35)21-11-5-7-13-23(21)33-24(30-31-27(32)33)14-15-25(34)29-17-16-19-8-2-1-3-9-19/h4,6,8,10,12,21,23,27,31H,1-3,5,7,9,11,13-18H2,(H,29,34). The SMILES string of the molecule is O=C(CCC1=NNC2N(Cc3ccccc3Cl)C(=O)C3CCCCC3N12)NCCC1=CCCCC1. The van der Waals surface area contributed by atoms with Crippen molar-refractivity contribution in [2.24, 2.45) is 11.0 Å². The molecule has 5 rings (SSSR count). The lowest BCUT2D eigenvalue weighted by Crippen LogP contribution is -2.67. The van der Waals surface area contributed by atoms with Crippen molar-refractivity contribution >= 4 is 29.3 Å². The highest BCUT2D eigenvalue weighted by molar-refractivity contribution is 6.31. The molecule has 1 saturated carbocycles. The van der Waals surface area contributed by atoms with E-state index in [9.17, 15) is 9.59 Å². The van der Waals surface area contributed by atoms with Crippen LogP contribution in [0.1, 0.15) is 76.2 Å². The molecule has 1 saturated heterocycles. The number of amidine groups is 1. The number of fused-ring (bicyclic) bond motifs is 3. The largest absolute Gasteiger partial charge is 0.356 e. The summed E-state index contributed by atoms with van der Waals surface area (Å²) < 4.78 is 0. The van der Waals surface area contributed by atoms with Crippen LogP contribution in [0.5, 0.6) is 0 Å². The number of carbonyl (C=O) groups is 2. The molecule has 3 atom stereocenters. The lowest BCUT2D eigenvalue weighted by molar-refractivity contribution is -0.156. The van der Waals surface area contributed by atoms with E-state index in [1.165, 1.54) is 31.3 Å². The molecule has 0 spiro atoms. The number of carbonyl (C=O) groups excluding carboxylic acids is 2. The first-order valence-electron chi connectivity index (χ1n) is 13.2. The normalized spacial score (nSPS) is 25.9. The van der Waals surface area contributed by atoms with E-state index < -0.39 is 0 Å². The Hall–Kier alpha value is -2.54. The van der Waals surface area contributed by atoms with Crippen LogP contribution in [0.3, 0.4) is 0 Å². The van der Waals surface area contributed by atoms with Crippen LogP contribution in [0, 0.1) is 5.92 Å². The molecule has 2 aliphatic carbocycles. The van der Waals surface area contributed by atoms with Crippen molar-refractivity contribution in [3.8, 4) is 0 Å². The maximum Gasteiger partial charge on any atom is 0.231 e. The zero-order valence-corrected chi connectivity index (χ0v) is 21.1. The summed E-state index contributed by atoms with van der Waals surface area (Å²) in [5.41, 5.74) is 5.61. The molecule has 188 valence electrons. The summed E-state index contributed by atoms with van der Waals surface area (Å²) in [4.78, 5) is 30.3. The van der Waals surface area contributed by atoms with Gasteiger partial charge in [0.1, 0.15) is 5.84 Å². The average molecular weight is 498 g/mol. The summed E-state index contributed by atoms with van der Waals surface area (Å²) in [7, 11) is 0. The van der Waals surface area contributed by atoms with Gasteiger partial charge in [-0.25, -0.2) is 0 Å². The van der Waals surface area contributed by atoms with Crippen LogP contribution in [-0.4, -0.2) is 46.3 Å². The van der Waals surface area contributed by atoms with Crippen molar-refractivity contribution in [3.63, 3.8) is 0 Å². The van der Waals surface area contributed by atoms with E-state index in [0.717, 1.165) is 43.5 Å². The van der Waals surface area contributed by atoms with E-state index in [1.807, 2.05) is 29.2 Å². The minimum atomic E-state index is -0.325. The molecule has 0 radical (unpaired) electrons. The van der Waals surface area contributed by atoms with Gasteiger partial charge < -0.3 is 10.2 Å². The second kappa shape index (κ2) is 11.0. The van der Waals surface area contributed by atoms with Gasteiger partial charge in [0.05, 0.1) is 12.5 Å². The minimum Gasteiger partial charge on any atom is -0.356 e. The molecule has 2 aliphatic heterocycles. The fourth-order valence-electron chi connectivity index (χ4n) is 6.02. The minimum absolute atomic E-state index is 0.0369. The van der Waals surface area contributed by atoms with Gasteiger partial charge in [-0.1, -0.05) is 54.3 Å². The highest BCUT2D eigenvalue weighted by atomic mass is 35.5. The Balaban J connectivity index is 1.22. The van der Waals surface area contributed by atoms with Crippen molar-refractivity contribution in [2.75, 3.05) is 6.54 Å². The van der Waals surface area contributed by atoms with Crippen LogP contribution in [0.25, 0.3) is 0 Å². The van der Waals surface area contributed by atoms with Crippen LogP contribution in [0.15, 0.2) is 41.0 Å². The summed E-state index contributed by atoms with van der Waals surface area (Å²) in [6.07, 6.45) is 12.9. The number of benzene rings is 1. The molecule has 0 bridgehead atoms. The second-order valence-corrected chi connectivity index (χ2v) is 10.6. The number of amides is 2. The zero-order valence-electron chi connectivity index (χ0n) is 20.3. The monoisotopic (exact) mass is 497 g/mol. The smallest absolute Gasteiger partial charge is 0.231 e. The predicted molar refractivity (Wildman–Crippen MR) is 137 cm³/mol. The number of hydrazone groups is 1. The number of nitrogens with one attached hydrogen (secondary N) is 2. The molecule has 1 aromatic carbocycles. The lowest BCUT2D eigenvalue weighted by Gasteiger charge is -2.50. The lowest BCUT2D eigenvalue weighted by atomic mass is 9.80. The van der Waals surface area contributed by atoms with Crippen LogP contribution in [0.4, 0.5) is 0 Å². The molecule has 4 aliphatic rings. The molecular weight excluding hydrogens is 462 g/mol. The number of halogens is 1. The van der Waals surface area contributed by atoms with Crippen LogP contribution in [0.2, 0.25) is 5.02 Å². The maximum atomic E-state index is 13.5. The summed E-state index contributed by atoms with van der Waals surface area (Å²) in [6, 6.07) is 7.82. The van der Waals surface area contributed by atoms with Gasteiger partial charge in [0.15, 0.2) is 6.29 Å². The Bertz CT molecular complexity index is 1010. The summed E-state index contributed by atoms with van der Waals surface area (Å²) >= 11 is 6.43. The molecule has 2 heterocycles. The van der Waals surface area contributed by atoms with Crippen molar-refractivity contribution in [1.82, 2.24) is 20.5 Å². The molecule has 2 fully saturated rings. The first kappa shape index (κ1) is 24.2. The van der Waals surface area contributed by atoms with E-state index in [-0.39, 0.29) is 30.1 Å². The predicted octanol–water partition coefficient (Wildman–Crippen LogP) is 4.53. The van der Waals surface area contributed by atoms with E-state index in [4.69, 9.17) is 11.6 Å². The number of hydrogen-bond donors (Lipinski definition) is 2. The third kappa shape index (κ3) is 5.35. The maximum absolute atomic E-state index is 13.5. The van der Waals surface area contributed by atoms with E-state index in [0.29, 0.717) is 31.0 Å². The molecule has 8 heteroatoms. The van der Waals surface area contributed by atoms with Crippen molar-refractivity contribution < 1.29 is 9.59 Å². The average Bonchev–Trinajstić information content (AvgIpc) is 3.31. The Kier molecular flexibility index (Phi) is 7.61. The molecule has 1 aromatic rings. The van der Waals surface area contributed by atoms with E-state index in [2.05, 4.69) is 26.8 Å². The van der Waals surface area contributed by atoms with E-state index >= 15 is 0 Å². The van der Waals surface area contributed by atoms with Gasteiger partial charge in [0.2, 0.25) is 11.8 Å². The fourth-order valence-corrected chi connectivity index (χ4v) is 6.21. The highest BCUT2D eigenvalue weighted by Gasteiger charge is 2.50. The molecule has 2 amide bonds. The van der Waals surface area contributed by atoms with Crippen LogP contribution < -0.4 is 10.7 Å². The number of hydrogen-bond acceptors (Lipinski definition) is 5. The molecule has 3 unspecified atom stereocenters. The van der Waals surface area contributed by atoms with Gasteiger partial charge >= 0.3 is 0 Å². The summed E-state index contributed by atoms with van der Waals surface area (Å²) in [5, 5.41) is 8.37. The quantitative estimate of drug-likeness (QED) is 0.517. The molecule has 2 N–H and O–H groups in total. The first-order chi connectivity index (χ1) is 17.1. The molecular formula is C27H36ClN5O2. The number of rotatable bonds is 8. The fraction of sp³-hybridized carbons (Fsp3) is 0.593. The topological polar surface area (TPSA) is 77.0 Å². The Morgan fingerprint density at radius 3 is 2.83 bits per heavy atom. The van der Waals surface area contributed by atoms with Gasteiger partial charge in [-0.3, -0.25) is 19.9 Å². The van der Waals surface area contributed by atoms with Crippen LogP contribution in [-0.2, 0) is 16.1 Å². The van der Waals surface area contributed by atoms with Crippen molar-refractivity contribution in [2.45, 2.75) is 89.5 Å². The third-order valence-electron chi connectivity index (χ3n) is 7.88. The third-order valence-corrected chi connectivity index (χ3v) is 8.25. The molecule has 7 nitrogen and oxygen atoms in total. The van der Waals surface area contributed by atoms with Gasteiger partial charge in [-0.05, 0) is 56.6 Å². The van der Waals surface area contributed by atoms with Crippen molar-refractivity contribution in [3.05, 3.63) is 46.5 Å².